The van der Waals surface area contributed by atoms with Crippen LogP contribution in [0, 0.1) is 0 Å². The number of nitrogens with zero attached hydrogens (tertiary/aromatic N) is 4. The second-order valence-electron chi connectivity index (χ2n) is 8.43. The molecule has 2 aliphatic rings. The van der Waals surface area contributed by atoms with Gasteiger partial charge in [-0.25, -0.2) is 10.0 Å². The number of aliphatic imine (C=N–C) groups is 1. The third-order valence-corrected chi connectivity index (χ3v) is 5.94. The van der Waals surface area contributed by atoms with Crippen molar-refractivity contribution in [2.45, 2.75) is 31.5 Å². The van der Waals surface area contributed by atoms with E-state index in [1.165, 1.54) is 16.8 Å². The van der Waals surface area contributed by atoms with E-state index in [1.807, 2.05) is 24.3 Å². The first kappa shape index (κ1) is 23.2. The minimum absolute atomic E-state index is 0.157. The first-order chi connectivity index (χ1) is 16.9. The summed E-state index contributed by atoms with van der Waals surface area (Å²) in [5, 5.41) is 8.72. The Morgan fingerprint density at radius 2 is 1.71 bits per heavy atom. The number of amidine groups is 1. The van der Waals surface area contributed by atoms with E-state index in [4.69, 9.17) is 4.74 Å². The molecule has 1 aromatic heterocycles. The Bertz CT molecular complexity index is 1240. The number of halogens is 3. The van der Waals surface area contributed by atoms with Crippen LogP contribution in [-0.2, 0) is 24.3 Å². The van der Waals surface area contributed by atoms with Crippen LogP contribution >= 0.6 is 0 Å². The van der Waals surface area contributed by atoms with Crippen molar-refractivity contribution in [2.24, 2.45) is 10.1 Å². The first-order valence-electron chi connectivity index (χ1n) is 11.3. The van der Waals surface area contributed by atoms with Gasteiger partial charge in [-0.05, 0) is 30.7 Å². The molecule has 3 heterocycles. The van der Waals surface area contributed by atoms with Gasteiger partial charge >= 0.3 is 6.18 Å². The molecule has 9 heteroatoms. The molecular weight excluding hydrogens is 455 g/mol. The van der Waals surface area contributed by atoms with Crippen molar-refractivity contribution in [3.63, 3.8) is 0 Å². The molecule has 5 rings (SSSR count). The zero-order valence-corrected chi connectivity index (χ0v) is 18.9. The van der Waals surface area contributed by atoms with Gasteiger partial charge in [0.2, 0.25) is 0 Å². The van der Waals surface area contributed by atoms with E-state index in [9.17, 15) is 13.2 Å². The molecule has 3 aromatic rings. The second-order valence-corrected chi connectivity index (χ2v) is 8.43. The van der Waals surface area contributed by atoms with Crippen LogP contribution in [0.3, 0.4) is 0 Å². The summed E-state index contributed by atoms with van der Waals surface area (Å²) in [5.74, 6) is 0.157. The summed E-state index contributed by atoms with van der Waals surface area (Å²) in [7, 11) is 0. The summed E-state index contributed by atoms with van der Waals surface area (Å²) >= 11 is 0. The lowest BCUT2D eigenvalue weighted by Crippen LogP contribution is -2.49. The molecule has 0 radical (unpaired) electrons. The Morgan fingerprint density at radius 1 is 0.943 bits per heavy atom. The summed E-state index contributed by atoms with van der Waals surface area (Å²) in [5.41, 5.74) is 0.962. The van der Waals surface area contributed by atoms with Crippen LogP contribution < -0.4 is 5.32 Å². The summed E-state index contributed by atoms with van der Waals surface area (Å²) in [6, 6.07) is 22.5. The normalized spacial score (nSPS) is 18.8. The number of alkyl halides is 3. The lowest BCUT2D eigenvalue weighted by atomic mass is 10.1. The fourth-order valence-corrected chi connectivity index (χ4v) is 4.09. The van der Waals surface area contributed by atoms with Crippen molar-refractivity contribution in [3.8, 4) is 0 Å². The highest BCUT2D eigenvalue weighted by Crippen LogP contribution is 2.41. The number of nitrogens with one attached hydrogen (secondary N) is 1. The third-order valence-electron chi connectivity index (χ3n) is 5.94. The molecule has 2 aliphatic heterocycles. The third kappa shape index (κ3) is 4.96. The number of hydrogen-bond donors (Lipinski definition) is 1. The van der Waals surface area contributed by atoms with Crippen LogP contribution in [0.5, 0.6) is 0 Å². The van der Waals surface area contributed by atoms with Gasteiger partial charge in [0.1, 0.15) is 6.54 Å². The summed E-state index contributed by atoms with van der Waals surface area (Å²) < 4.78 is 48.1. The number of fused-ring (bicyclic) bond motifs is 3. The maximum Gasteiger partial charge on any atom is 0.440 e. The Hall–Kier alpha value is -3.56. The predicted octanol–water partition coefficient (Wildman–Crippen LogP) is 4.30. The van der Waals surface area contributed by atoms with Crippen molar-refractivity contribution >= 4 is 12.1 Å². The number of hydrogen-bond acceptors (Lipinski definition) is 6. The topological polar surface area (TPSA) is 62.1 Å². The van der Waals surface area contributed by atoms with Crippen LogP contribution in [0.1, 0.15) is 28.1 Å². The van der Waals surface area contributed by atoms with Gasteiger partial charge in [0, 0.05) is 17.7 Å². The van der Waals surface area contributed by atoms with Crippen LogP contribution in [0.4, 0.5) is 13.2 Å². The fraction of sp³-hybridized carbons (Fsp3) is 0.269. The van der Waals surface area contributed by atoms with Gasteiger partial charge in [-0.2, -0.15) is 18.3 Å². The van der Waals surface area contributed by atoms with Gasteiger partial charge < -0.3 is 10.1 Å². The monoisotopic (exact) mass is 479 g/mol. The fourth-order valence-electron chi connectivity index (χ4n) is 4.09. The van der Waals surface area contributed by atoms with E-state index in [0.717, 1.165) is 24.2 Å². The van der Waals surface area contributed by atoms with E-state index in [1.54, 1.807) is 36.4 Å². The van der Waals surface area contributed by atoms with Crippen molar-refractivity contribution in [1.82, 2.24) is 15.3 Å². The number of hydrazone groups is 1. The van der Waals surface area contributed by atoms with E-state index < -0.39 is 18.4 Å². The summed E-state index contributed by atoms with van der Waals surface area (Å²) in [4.78, 5) is 8.49. The zero-order chi connectivity index (χ0) is 24.3. The number of rotatable bonds is 8. The molecule has 2 aromatic carbocycles. The lowest BCUT2D eigenvalue weighted by molar-refractivity contribution is -0.276. The molecule has 6 nitrogen and oxygen atoms in total. The number of aromatic nitrogens is 1. The van der Waals surface area contributed by atoms with Crippen LogP contribution in [0.25, 0.3) is 0 Å². The molecule has 1 N–H and O–H groups in total. The maximum atomic E-state index is 14.2. The highest BCUT2D eigenvalue weighted by molar-refractivity contribution is 6.08. The largest absolute Gasteiger partial charge is 0.440 e. The highest BCUT2D eigenvalue weighted by Gasteiger charge is 2.61. The first-order valence-corrected chi connectivity index (χ1v) is 11.3. The molecule has 0 fully saturated rings. The van der Waals surface area contributed by atoms with Crippen molar-refractivity contribution in [2.75, 3.05) is 13.1 Å². The molecule has 0 saturated heterocycles. The van der Waals surface area contributed by atoms with Gasteiger partial charge in [0.05, 0.1) is 24.2 Å². The molecule has 0 saturated carbocycles. The number of pyridine rings is 1. The minimum atomic E-state index is -4.72. The molecule has 1 atom stereocenters. The summed E-state index contributed by atoms with van der Waals surface area (Å²) in [6.45, 7) is 0.399. The summed E-state index contributed by atoms with van der Waals surface area (Å²) in [6.07, 6.45) is -2.31. The van der Waals surface area contributed by atoms with Gasteiger partial charge in [-0.3, -0.25) is 4.98 Å². The van der Waals surface area contributed by atoms with Gasteiger partial charge in [-0.15, -0.1) is 0 Å². The zero-order valence-electron chi connectivity index (χ0n) is 18.9. The molecule has 0 amide bonds. The van der Waals surface area contributed by atoms with Crippen molar-refractivity contribution in [1.29, 1.82) is 0 Å². The SMILES string of the molecule is FC(F)(F)C1(OCc2cccc(CNCCc3ccccc3)n2)CN2N=Cc3ccccc3C2=N1. The van der Waals surface area contributed by atoms with Gasteiger partial charge in [-0.1, -0.05) is 60.7 Å². The number of benzene rings is 2. The highest BCUT2D eigenvalue weighted by atomic mass is 19.4. The Balaban J connectivity index is 1.26. The molecule has 35 heavy (non-hydrogen) atoms. The molecular formula is C26H24F3N5O. The van der Waals surface area contributed by atoms with Gasteiger partial charge in [0.25, 0.3) is 5.72 Å². The molecule has 1 unspecified atom stereocenters. The average molecular weight is 480 g/mol. The van der Waals surface area contributed by atoms with Crippen molar-refractivity contribution < 1.29 is 17.9 Å². The quantitative estimate of drug-likeness (QED) is 0.490. The van der Waals surface area contributed by atoms with E-state index >= 15 is 0 Å². The molecule has 0 aliphatic carbocycles. The Kier molecular flexibility index (Phi) is 6.36. The van der Waals surface area contributed by atoms with E-state index in [0.29, 0.717) is 17.8 Å². The average Bonchev–Trinajstić information content (AvgIpc) is 3.27. The lowest BCUT2D eigenvalue weighted by Gasteiger charge is -2.29. The predicted molar refractivity (Wildman–Crippen MR) is 127 cm³/mol. The minimum Gasteiger partial charge on any atom is -0.338 e. The standard InChI is InChI=1S/C26H24F3N5O/c27-26(28,29)25(18-34-24(33-25)23-12-5-4-9-20(23)15-31-34)35-17-22-11-6-10-21(32-22)16-30-14-13-19-7-2-1-3-8-19/h1-12,15,30H,13-14,16-18H2. The maximum absolute atomic E-state index is 14.2. The Morgan fingerprint density at radius 3 is 2.54 bits per heavy atom. The van der Waals surface area contributed by atoms with Crippen LogP contribution in [-0.4, -0.2) is 47.0 Å². The molecule has 0 bridgehead atoms. The van der Waals surface area contributed by atoms with Crippen LogP contribution in [0.15, 0.2) is 82.9 Å². The Labute approximate surface area is 201 Å². The van der Waals surface area contributed by atoms with E-state index in [-0.39, 0.29) is 12.4 Å². The molecule has 0 spiro atoms. The smallest absolute Gasteiger partial charge is 0.338 e. The van der Waals surface area contributed by atoms with Crippen molar-refractivity contribution in [3.05, 3.63) is 101 Å². The molecule has 180 valence electrons. The second kappa shape index (κ2) is 9.59. The van der Waals surface area contributed by atoms with Crippen LogP contribution in [0.2, 0.25) is 0 Å². The van der Waals surface area contributed by atoms with E-state index in [2.05, 4.69) is 32.5 Å². The number of ether oxygens (including phenoxy) is 1. The van der Waals surface area contributed by atoms with Gasteiger partial charge in [0.15, 0.2) is 5.84 Å².